The summed E-state index contributed by atoms with van der Waals surface area (Å²) in [6, 6.07) is 16.5. The van der Waals surface area contributed by atoms with Gasteiger partial charge < -0.3 is 20.4 Å². The van der Waals surface area contributed by atoms with Crippen LogP contribution in [-0.2, 0) is 0 Å². The highest BCUT2D eigenvalue weighted by Gasteiger charge is 2.15. The van der Waals surface area contributed by atoms with Crippen LogP contribution in [0, 0.1) is 5.82 Å². The second-order valence-electron chi connectivity index (χ2n) is 7.23. The topological polar surface area (TPSA) is 73.4 Å². The van der Waals surface area contributed by atoms with Crippen molar-refractivity contribution in [1.29, 1.82) is 0 Å². The van der Waals surface area contributed by atoms with Crippen molar-refractivity contribution in [1.82, 2.24) is 15.1 Å². The van der Waals surface area contributed by atoms with E-state index in [1.807, 2.05) is 30.3 Å². The molecule has 7 nitrogen and oxygen atoms in total. The van der Waals surface area contributed by atoms with E-state index in [9.17, 15) is 9.18 Å². The minimum atomic E-state index is -0.407. The molecule has 0 unspecified atom stereocenters. The Bertz CT molecular complexity index is 1000. The van der Waals surface area contributed by atoms with Crippen molar-refractivity contribution in [2.75, 3.05) is 48.8 Å². The van der Waals surface area contributed by atoms with E-state index in [1.54, 1.807) is 6.07 Å². The SMILES string of the molecule is CN1CCN(c2ccc(-c3cccc(NC(=O)Nc4ccc(F)cc4)c3)nn2)CC1. The van der Waals surface area contributed by atoms with Gasteiger partial charge in [-0.15, -0.1) is 10.2 Å². The number of urea groups is 1. The summed E-state index contributed by atoms with van der Waals surface area (Å²) >= 11 is 0. The van der Waals surface area contributed by atoms with E-state index in [1.165, 1.54) is 24.3 Å². The van der Waals surface area contributed by atoms with Crippen molar-refractivity contribution in [3.8, 4) is 11.3 Å². The molecule has 8 heteroatoms. The zero-order valence-corrected chi connectivity index (χ0v) is 16.7. The molecule has 1 aromatic heterocycles. The Labute approximate surface area is 174 Å². The monoisotopic (exact) mass is 406 g/mol. The zero-order chi connectivity index (χ0) is 20.9. The molecule has 0 bridgehead atoms. The largest absolute Gasteiger partial charge is 0.353 e. The van der Waals surface area contributed by atoms with Crippen LogP contribution in [0.5, 0.6) is 0 Å². The van der Waals surface area contributed by atoms with Crippen LogP contribution in [-0.4, -0.2) is 54.4 Å². The van der Waals surface area contributed by atoms with Crippen molar-refractivity contribution < 1.29 is 9.18 Å². The summed E-state index contributed by atoms with van der Waals surface area (Å²) in [6.45, 7) is 3.90. The van der Waals surface area contributed by atoms with Gasteiger partial charge in [0, 0.05) is 43.1 Å². The molecule has 2 amide bonds. The van der Waals surface area contributed by atoms with E-state index in [0.717, 1.165) is 43.3 Å². The number of rotatable bonds is 4. The van der Waals surface area contributed by atoms with Gasteiger partial charge in [-0.2, -0.15) is 0 Å². The summed E-state index contributed by atoms with van der Waals surface area (Å²) in [5, 5.41) is 14.2. The number of likely N-dealkylation sites (N-methyl/N-ethyl adjacent to an activating group) is 1. The standard InChI is InChI=1S/C22H23FN6O/c1-28-11-13-29(14-12-28)21-10-9-20(26-27-21)16-3-2-4-19(15-16)25-22(30)24-18-7-5-17(23)6-8-18/h2-10,15H,11-14H2,1H3,(H2,24,25,30). The number of amides is 2. The molecule has 0 radical (unpaired) electrons. The molecule has 4 rings (SSSR count). The molecule has 0 aliphatic carbocycles. The number of carbonyl (C=O) groups is 1. The van der Waals surface area contributed by atoms with Crippen molar-refractivity contribution >= 4 is 23.2 Å². The first kappa shape index (κ1) is 19.8. The molecule has 1 aliphatic heterocycles. The van der Waals surface area contributed by atoms with Crippen molar-refractivity contribution in [3.63, 3.8) is 0 Å². The molecule has 1 saturated heterocycles. The molecule has 2 heterocycles. The van der Waals surface area contributed by atoms with E-state index in [-0.39, 0.29) is 5.82 Å². The third kappa shape index (κ3) is 4.90. The fraction of sp³-hybridized carbons (Fsp3) is 0.227. The number of benzene rings is 2. The number of nitrogens with one attached hydrogen (secondary N) is 2. The molecule has 30 heavy (non-hydrogen) atoms. The van der Waals surface area contributed by atoms with Crippen LogP contribution in [0.25, 0.3) is 11.3 Å². The number of nitrogens with zero attached hydrogens (tertiary/aromatic N) is 4. The van der Waals surface area contributed by atoms with Crippen molar-refractivity contribution in [3.05, 3.63) is 66.5 Å². The number of halogens is 1. The first-order chi connectivity index (χ1) is 14.6. The Balaban J connectivity index is 1.41. The van der Waals surface area contributed by atoms with Gasteiger partial charge in [0.2, 0.25) is 0 Å². The van der Waals surface area contributed by atoms with Gasteiger partial charge >= 0.3 is 6.03 Å². The lowest BCUT2D eigenvalue weighted by atomic mass is 10.1. The Morgan fingerprint density at radius 3 is 2.33 bits per heavy atom. The zero-order valence-electron chi connectivity index (χ0n) is 16.7. The number of piperazine rings is 1. The third-order valence-electron chi connectivity index (χ3n) is 5.00. The summed E-state index contributed by atoms with van der Waals surface area (Å²) in [5.41, 5.74) is 2.72. The number of hydrogen-bond donors (Lipinski definition) is 2. The Morgan fingerprint density at radius 1 is 0.900 bits per heavy atom. The molecule has 3 aromatic rings. The predicted octanol–water partition coefficient (Wildman–Crippen LogP) is 3.68. The van der Waals surface area contributed by atoms with Gasteiger partial charge in [-0.1, -0.05) is 12.1 Å². The van der Waals surface area contributed by atoms with Gasteiger partial charge in [-0.3, -0.25) is 0 Å². The maximum atomic E-state index is 13.0. The maximum Gasteiger partial charge on any atom is 0.323 e. The average molecular weight is 406 g/mol. The number of hydrogen-bond acceptors (Lipinski definition) is 5. The first-order valence-electron chi connectivity index (χ1n) is 9.78. The number of anilines is 3. The van der Waals surface area contributed by atoms with Crippen molar-refractivity contribution in [2.24, 2.45) is 0 Å². The first-order valence-corrected chi connectivity index (χ1v) is 9.78. The number of aromatic nitrogens is 2. The van der Waals surface area contributed by atoms with E-state index in [0.29, 0.717) is 11.4 Å². The average Bonchev–Trinajstić information content (AvgIpc) is 2.76. The molecule has 0 atom stereocenters. The number of carbonyl (C=O) groups excluding carboxylic acids is 1. The van der Waals surface area contributed by atoms with Gasteiger partial charge in [-0.05, 0) is 55.6 Å². The lowest BCUT2D eigenvalue weighted by Gasteiger charge is -2.32. The van der Waals surface area contributed by atoms with Gasteiger partial charge in [-0.25, -0.2) is 9.18 Å². The van der Waals surface area contributed by atoms with Crippen LogP contribution in [0.1, 0.15) is 0 Å². The lowest BCUT2D eigenvalue weighted by Crippen LogP contribution is -2.44. The molecular weight excluding hydrogens is 383 g/mol. The Hall–Kier alpha value is -3.52. The molecule has 0 saturated carbocycles. The summed E-state index contributed by atoms with van der Waals surface area (Å²) in [5.74, 6) is 0.521. The lowest BCUT2D eigenvalue weighted by molar-refractivity contribution is 0.262. The third-order valence-corrected chi connectivity index (χ3v) is 5.00. The highest BCUT2D eigenvalue weighted by Crippen LogP contribution is 2.22. The summed E-state index contributed by atoms with van der Waals surface area (Å²) < 4.78 is 13.0. The van der Waals surface area contributed by atoms with Crippen LogP contribution < -0.4 is 15.5 Å². The smallest absolute Gasteiger partial charge is 0.323 e. The normalized spacial score (nSPS) is 14.4. The Morgan fingerprint density at radius 2 is 1.63 bits per heavy atom. The minimum absolute atomic E-state index is 0.353. The maximum absolute atomic E-state index is 13.0. The molecule has 1 aliphatic rings. The van der Waals surface area contributed by atoms with Crippen LogP contribution >= 0.6 is 0 Å². The van der Waals surface area contributed by atoms with Gasteiger partial charge in [0.15, 0.2) is 5.82 Å². The highest BCUT2D eigenvalue weighted by molar-refractivity contribution is 6.00. The van der Waals surface area contributed by atoms with Crippen LogP contribution in [0.2, 0.25) is 0 Å². The van der Waals surface area contributed by atoms with E-state index in [4.69, 9.17) is 0 Å². The van der Waals surface area contributed by atoms with Crippen LogP contribution in [0.4, 0.5) is 26.4 Å². The van der Waals surface area contributed by atoms with E-state index in [2.05, 4.69) is 37.7 Å². The molecule has 2 aromatic carbocycles. The summed E-state index contributed by atoms with van der Waals surface area (Å²) in [7, 11) is 2.12. The second kappa shape index (κ2) is 8.87. The van der Waals surface area contributed by atoms with E-state index < -0.39 is 6.03 Å². The second-order valence-corrected chi connectivity index (χ2v) is 7.23. The predicted molar refractivity (Wildman–Crippen MR) is 116 cm³/mol. The molecular formula is C22H23FN6O. The van der Waals surface area contributed by atoms with Gasteiger partial charge in [0.05, 0.1) is 5.69 Å². The van der Waals surface area contributed by atoms with Gasteiger partial charge in [0.1, 0.15) is 5.82 Å². The molecule has 1 fully saturated rings. The Kier molecular flexibility index (Phi) is 5.85. The summed E-state index contributed by atoms with van der Waals surface area (Å²) in [6.07, 6.45) is 0. The fourth-order valence-corrected chi connectivity index (χ4v) is 3.27. The van der Waals surface area contributed by atoms with Crippen LogP contribution in [0.3, 0.4) is 0 Å². The van der Waals surface area contributed by atoms with Gasteiger partial charge in [0.25, 0.3) is 0 Å². The van der Waals surface area contributed by atoms with E-state index >= 15 is 0 Å². The quantitative estimate of drug-likeness (QED) is 0.692. The molecule has 2 N–H and O–H groups in total. The van der Waals surface area contributed by atoms with Crippen LogP contribution in [0.15, 0.2) is 60.7 Å². The highest BCUT2D eigenvalue weighted by atomic mass is 19.1. The van der Waals surface area contributed by atoms with Crippen molar-refractivity contribution in [2.45, 2.75) is 0 Å². The minimum Gasteiger partial charge on any atom is -0.353 e. The molecule has 0 spiro atoms. The molecule has 154 valence electrons. The fourth-order valence-electron chi connectivity index (χ4n) is 3.27. The summed E-state index contributed by atoms with van der Waals surface area (Å²) in [4.78, 5) is 16.7.